The van der Waals surface area contributed by atoms with E-state index in [1.165, 1.54) is 5.56 Å². The van der Waals surface area contributed by atoms with Crippen LogP contribution >= 0.6 is 0 Å². The van der Waals surface area contributed by atoms with E-state index in [1.807, 2.05) is 58.2 Å². The Hall–Kier alpha value is -3.42. The Bertz CT molecular complexity index is 1010. The normalized spacial score (nSPS) is 10.7. The lowest BCUT2D eigenvalue weighted by Gasteiger charge is -2.11. The average molecular weight is 393 g/mol. The molecular weight excluding hydrogens is 366 g/mol. The molecule has 3 aromatic rings. The maximum absolute atomic E-state index is 12.4. The van der Waals surface area contributed by atoms with Crippen LogP contribution in [0, 0.1) is 27.7 Å². The van der Waals surface area contributed by atoms with Crippen molar-refractivity contribution < 1.29 is 4.79 Å². The third kappa shape index (κ3) is 5.10. The molecule has 0 aliphatic carbocycles. The van der Waals surface area contributed by atoms with Gasteiger partial charge >= 0.3 is 0 Å². The molecule has 0 saturated carbocycles. The number of aryl methyl sites for hydroxylation is 4. The number of hydrogen-bond donors (Lipinski definition) is 3. The quantitative estimate of drug-likeness (QED) is 0.534. The van der Waals surface area contributed by atoms with Crippen molar-refractivity contribution in [2.24, 2.45) is 7.05 Å². The van der Waals surface area contributed by atoms with Gasteiger partial charge in [0.15, 0.2) is 0 Å². The third-order valence-corrected chi connectivity index (χ3v) is 4.61. The highest BCUT2D eigenvalue weighted by Gasteiger charge is 2.16. The second kappa shape index (κ2) is 8.72. The number of amides is 1. The zero-order valence-corrected chi connectivity index (χ0v) is 17.5. The Labute approximate surface area is 170 Å². The van der Waals surface area contributed by atoms with Crippen LogP contribution in [0.5, 0.6) is 0 Å². The Morgan fingerprint density at radius 1 is 1.03 bits per heavy atom. The van der Waals surface area contributed by atoms with E-state index in [9.17, 15) is 4.79 Å². The van der Waals surface area contributed by atoms with E-state index in [0.29, 0.717) is 24.6 Å². The molecule has 0 unspecified atom stereocenters. The van der Waals surface area contributed by atoms with E-state index in [4.69, 9.17) is 0 Å². The molecule has 1 aromatic carbocycles. The molecule has 2 heterocycles. The predicted octanol–water partition coefficient (Wildman–Crippen LogP) is 3.03. The van der Waals surface area contributed by atoms with Crippen molar-refractivity contribution in [1.29, 1.82) is 0 Å². The van der Waals surface area contributed by atoms with Gasteiger partial charge in [-0.05, 0) is 39.8 Å². The zero-order chi connectivity index (χ0) is 21.0. The van der Waals surface area contributed by atoms with Crippen LogP contribution in [-0.2, 0) is 7.05 Å². The molecule has 2 aromatic heterocycles. The highest BCUT2D eigenvalue weighted by molar-refractivity contribution is 5.96. The highest BCUT2D eigenvalue weighted by atomic mass is 16.1. The van der Waals surface area contributed by atoms with E-state index in [2.05, 4.69) is 37.9 Å². The van der Waals surface area contributed by atoms with Gasteiger partial charge in [-0.3, -0.25) is 9.48 Å². The van der Waals surface area contributed by atoms with Crippen LogP contribution in [0.4, 0.5) is 17.5 Å². The fraction of sp³-hybridized carbons (Fsp3) is 0.333. The van der Waals surface area contributed by atoms with E-state index in [-0.39, 0.29) is 5.91 Å². The number of rotatable bonds is 7. The number of nitrogens with one attached hydrogen (secondary N) is 3. The molecule has 3 rings (SSSR count). The monoisotopic (exact) mass is 393 g/mol. The van der Waals surface area contributed by atoms with Crippen LogP contribution < -0.4 is 16.0 Å². The average Bonchev–Trinajstić information content (AvgIpc) is 2.92. The first-order valence-corrected chi connectivity index (χ1v) is 9.55. The van der Waals surface area contributed by atoms with Crippen molar-refractivity contribution in [1.82, 2.24) is 25.1 Å². The topological polar surface area (TPSA) is 96.8 Å². The minimum Gasteiger partial charge on any atom is -0.352 e. The van der Waals surface area contributed by atoms with Gasteiger partial charge in [-0.2, -0.15) is 10.1 Å². The standard InChI is InChI=1S/C21H27N7O/c1-13-6-8-17(9-7-13)25-18-12-14(2)24-21(26-18)23-11-10-22-20(29)19-15(3)27-28(5)16(19)4/h6-9,12H,10-11H2,1-5H3,(H,22,29)(H2,23,24,25,26). The molecule has 8 nitrogen and oxygen atoms in total. The van der Waals surface area contributed by atoms with Crippen LogP contribution in [0.2, 0.25) is 0 Å². The number of carbonyl (C=O) groups excluding carboxylic acids is 1. The lowest BCUT2D eigenvalue weighted by atomic mass is 10.2. The Kier molecular flexibility index (Phi) is 6.11. The van der Waals surface area contributed by atoms with Gasteiger partial charge in [0.1, 0.15) is 5.82 Å². The summed E-state index contributed by atoms with van der Waals surface area (Å²) >= 11 is 0. The van der Waals surface area contributed by atoms with Crippen molar-refractivity contribution in [3.63, 3.8) is 0 Å². The first-order chi connectivity index (χ1) is 13.8. The lowest BCUT2D eigenvalue weighted by molar-refractivity contribution is 0.0954. The summed E-state index contributed by atoms with van der Waals surface area (Å²) in [4.78, 5) is 21.3. The van der Waals surface area contributed by atoms with Gasteiger partial charge < -0.3 is 16.0 Å². The van der Waals surface area contributed by atoms with Crippen LogP contribution in [0.1, 0.15) is 33.0 Å². The smallest absolute Gasteiger partial charge is 0.255 e. The first kappa shape index (κ1) is 20.3. The van der Waals surface area contributed by atoms with Crippen molar-refractivity contribution in [3.8, 4) is 0 Å². The van der Waals surface area contributed by atoms with Gasteiger partial charge in [0, 0.05) is 43.3 Å². The first-order valence-electron chi connectivity index (χ1n) is 9.55. The van der Waals surface area contributed by atoms with Crippen LogP contribution in [0.3, 0.4) is 0 Å². The van der Waals surface area contributed by atoms with Crippen molar-refractivity contribution in [3.05, 3.63) is 58.5 Å². The van der Waals surface area contributed by atoms with E-state index in [0.717, 1.165) is 28.6 Å². The van der Waals surface area contributed by atoms with Gasteiger partial charge in [-0.1, -0.05) is 17.7 Å². The lowest BCUT2D eigenvalue weighted by Crippen LogP contribution is -2.29. The summed E-state index contributed by atoms with van der Waals surface area (Å²) in [5.74, 6) is 1.11. The molecule has 0 fully saturated rings. The fourth-order valence-electron chi connectivity index (χ4n) is 3.04. The molecule has 3 N–H and O–H groups in total. The summed E-state index contributed by atoms with van der Waals surface area (Å²) < 4.78 is 1.71. The van der Waals surface area contributed by atoms with Crippen LogP contribution in [0.25, 0.3) is 0 Å². The van der Waals surface area contributed by atoms with Crippen molar-refractivity contribution in [2.45, 2.75) is 27.7 Å². The molecule has 0 spiro atoms. The number of aromatic nitrogens is 4. The number of carbonyl (C=O) groups is 1. The Morgan fingerprint density at radius 3 is 2.41 bits per heavy atom. The maximum atomic E-state index is 12.4. The Balaban J connectivity index is 1.56. The molecule has 152 valence electrons. The van der Waals surface area contributed by atoms with Crippen molar-refractivity contribution >= 4 is 23.4 Å². The molecule has 0 atom stereocenters. The third-order valence-electron chi connectivity index (χ3n) is 4.61. The predicted molar refractivity (Wildman–Crippen MR) is 115 cm³/mol. The van der Waals surface area contributed by atoms with Gasteiger partial charge in [-0.15, -0.1) is 0 Å². The van der Waals surface area contributed by atoms with Crippen molar-refractivity contribution in [2.75, 3.05) is 23.7 Å². The van der Waals surface area contributed by atoms with Gasteiger partial charge in [0.25, 0.3) is 5.91 Å². The van der Waals surface area contributed by atoms with Crippen LogP contribution in [-0.4, -0.2) is 38.7 Å². The number of nitrogens with zero attached hydrogens (tertiary/aromatic N) is 4. The summed E-state index contributed by atoms with van der Waals surface area (Å²) in [6.07, 6.45) is 0. The summed E-state index contributed by atoms with van der Waals surface area (Å²) in [5, 5.41) is 13.6. The largest absolute Gasteiger partial charge is 0.352 e. The van der Waals surface area contributed by atoms with Gasteiger partial charge in [0.05, 0.1) is 11.3 Å². The molecule has 29 heavy (non-hydrogen) atoms. The minimum absolute atomic E-state index is 0.123. The second-order valence-electron chi connectivity index (χ2n) is 7.06. The number of hydrogen-bond acceptors (Lipinski definition) is 6. The zero-order valence-electron chi connectivity index (χ0n) is 17.5. The molecule has 0 aliphatic rings. The molecule has 0 saturated heterocycles. The maximum Gasteiger partial charge on any atom is 0.255 e. The van der Waals surface area contributed by atoms with Gasteiger partial charge in [-0.25, -0.2) is 4.98 Å². The number of anilines is 3. The molecule has 0 aliphatic heterocycles. The SMILES string of the molecule is Cc1ccc(Nc2cc(C)nc(NCCNC(=O)c3c(C)nn(C)c3C)n2)cc1. The molecule has 0 bridgehead atoms. The van der Waals surface area contributed by atoms with E-state index in [1.54, 1.807) is 4.68 Å². The summed E-state index contributed by atoms with van der Waals surface area (Å²) in [7, 11) is 1.83. The molecule has 8 heteroatoms. The molecular formula is C21H27N7O. The minimum atomic E-state index is -0.123. The summed E-state index contributed by atoms with van der Waals surface area (Å²) in [6, 6.07) is 10.0. The number of benzene rings is 1. The van der Waals surface area contributed by atoms with E-state index >= 15 is 0 Å². The van der Waals surface area contributed by atoms with E-state index < -0.39 is 0 Å². The highest BCUT2D eigenvalue weighted by Crippen LogP contribution is 2.17. The summed E-state index contributed by atoms with van der Waals surface area (Å²) in [6.45, 7) is 8.65. The summed E-state index contributed by atoms with van der Waals surface area (Å²) in [5.41, 5.74) is 5.22. The second-order valence-corrected chi connectivity index (χ2v) is 7.06. The molecule has 1 amide bonds. The fourth-order valence-corrected chi connectivity index (χ4v) is 3.04. The molecule has 0 radical (unpaired) electrons. The van der Waals surface area contributed by atoms with Crippen LogP contribution in [0.15, 0.2) is 30.3 Å². The van der Waals surface area contributed by atoms with Gasteiger partial charge in [0.2, 0.25) is 5.95 Å². The Morgan fingerprint density at radius 2 is 1.76 bits per heavy atom.